The molecule has 0 aliphatic heterocycles. The molecule has 0 aliphatic rings. The largest absolute Gasteiger partial charge is 0.550 e. The zero-order chi connectivity index (χ0) is 11.8. The van der Waals surface area contributed by atoms with Crippen LogP contribution >= 0.6 is 0 Å². The van der Waals surface area contributed by atoms with Crippen LogP contribution in [-0.2, 0) is 14.3 Å². The van der Waals surface area contributed by atoms with E-state index < -0.39 is 24.0 Å². The first-order chi connectivity index (χ1) is 6.99. The second kappa shape index (κ2) is 7.23. The molecule has 0 radical (unpaired) electrons. The van der Waals surface area contributed by atoms with Crippen LogP contribution in [0.1, 0.15) is 33.1 Å². The van der Waals surface area contributed by atoms with Gasteiger partial charge in [-0.15, -0.1) is 0 Å². The molecule has 0 saturated carbocycles. The van der Waals surface area contributed by atoms with Crippen molar-refractivity contribution in [2.75, 3.05) is 6.61 Å². The van der Waals surface area contributed by atoms with Crippen LogP contribution in [-0.4, -0.2) is 24.6 Å². The molecule has 0 fully saturated rings. The summed E-state index contributed by atoms with van der Waals surface area (Å²) in [6.45, 7) is 3.83. The van der Waals surface area contributed by atoms with Crippen molar-refractivity contribution in [2.45, 2.75) is 39.2 Å². The summed E-state index contributed by atoms with van der Waals surface area (Å²) in [6.07, 6.45) is -0.0971. The summed E-state index contributed by atoms with van der Waals surface area (Å²) in [5.74, 6) is -3.13. The summed E-state index contributed by atoms with van der Waals surface area (Å²) in [4.78, 5) is 20.9. The lowest BCUT2D eigenvalue weighted by Crippen LogP contribution is -2.39. The van der Waals surface area contributed by atoms with Crippen LogP contribution in [0.15, 0.2) is 0 Å². The minimum atomic E-state index is -1.20. The maximum atomic E-state index is 10.7. The number of hydrogen-bond donors (Lipinski definition) is 0. The molecule has 0 N–H and O–H groups in total. The molecule has 5 heteroatoms. The highest BCUT2D eigenvalue weighted by atomic mass is 16.5. The van der Waals surface area contributed by atoms with E-state index >= 15 is 0 Å². The summed E-state index contributed by atoms with van der Waals surface area (Å²) in [5.41, 5.74) is 0. The summed E-state index contributed by atoms with van der Waals surface area (Å²) < 4.78 is 5.14. The van der Waals surface area contributed by atoms with Crippen LogP contribution in [0.25, 0.3) is 0 Å². The molecule has 0 aromatic rings. The van der Waals surface area contributed by atoms with Crippen molar-refractivity contribution >= 4 is 11.9 Å². The van der Waals surface area contributed by atoms with Crippen LogP contribution < -0.4 is 10.2 Å². The maximum Gasteiger partial charge on any atom is 0.0627 e. The van der Waals surface area contributed by atoms with Gasteiger partial charge in [-0.3, -0.25) is 0 Å². The molecule has 0 aromatic heterocycles. The highest BCUT2D eigenvalue weighted by Crippen LogP contribution is 2.15. The Bertz CT molecular complexity index is 214. The lowest BCUT2D eigenvalue weighted by Gasteiger charge is -2.24. The Morgan fingerprint density at radius 2 is 1.93 bits per heavy atom. The maximum absolute atomic E-state index is 10.7. The number of carbonyl (C=O) groups is 2. The van der Waals surface area contributed by atoms with Crippen molar-refractivity contribution in [3.8, 4) is 0 Å². The van der Waals surface area contributed by atoms with Gasteiger partial charge < -0.3 is 24.5 Å². The van der Waals surface area contributed by atoms with E-state index in [2.05, 4.69) is 0 Å². The Balaban J connectivity index is 4.04. The zero-order valence-corrected chi connectivity index (χ0v) is 9.02. The summed E-state index contributed by atoms with van der Waals surface area (Å²) >= 11 is 0. The average Bonchev–Trinajstić information content (AvgIpc) is 2.11. The number of ether oxygens (including phenoxy) is 1. The van der Waals surface area contributed by atoms with Crippen molar-refractivity contribution in [3.63, 3.8) is 0 Å². The zero-order valence-electron chi connectivity index (χ0n) is 9.02. The molecule has 0 bridgehead atoms. The van der Waals surface area contributed by atoms with Crippen LogP contribution in [0.4, 0.5) is 0 Å². The van der Waals surface area contributed by atoms with E-state index in [1.54, 1.807) is 13.8 Å². The van der Waals surface area contributed by atoms with Crippen molar-refractivity contribution < 1.29 is 24.5 Å². The van der Waals surface area contributed by atoms with Crippen molar-refractivity contribution in [2.24, 2.45) is 5.92 Å². The minimum absolute atomic E-state index is 0.136. The molecule has 0 spiro atoms. The first-order valence-corrected chi connectivity index (χ1v) is 5.01. The highest BCUT2D eigenvalue weighted by Gasteiger charge is 2.18. The smallest absolute Gasteiger partial charge is 0.0627 e. The molecule has 0 aromatic carbocycles. The summed E-state index contributed by atoms with van der Waals surface area (Å²) in [7, 11) is 0. The Morgan fingerprint density at radius 1 is 1.33 bits per heavy atom. The average molecular weight is 216 g/mol. The second-order valence-corrected chi connectivity index (χ2v) is 3.35. The third-order valence-electron chi connectivity index (χ3n) is 2.19. The van der Waals surface area contributed by atoms with Crippen LogP contribution in [0.5, 0.6) is 0 Å². The molecule has 2 unspecified atom stereocenters. The third-order valence-corrected chi connectivity index (χ3v) is 2.19. The van der Waals surface area contributed by atoms with E-state index in [4.69, 9.17) is 4.74 Å². The highest BCUT2D eigenvalue weighted by molar-refractivity contribution is 5.68. The Hall–Kier alpha value is -1.10. The van der Waals surface area contributed by atoms with Gasteiger partial charge in [0.15, 0.2) is 0 Å². The topological polar surface area (TPSA) is 89.5 Å². The van der Waals surface area contributed by atoms with Gasteiger partial charge in [0.2, 0.25) is 0 Å². The van der Waals surface area contributed by atoms with Gasteiger partial charge in [-0.25, -0.2) is 0 Å². The van der Waals surface area contributed by atoms with E-state index in [9.17, 15) is 19.8 Å². The number of carbonyl (C=O) groups excluding carboxylic acids is 2. The van der Waals surface area contributed by atoms with Gasteiger partial charge in [-0.2, -0.15) is 0 Å². The summed E-state index contributed by atoms with van der Waals surface area (Å²) in [6, 6.07) is 0. The quantitative estimate of drug-likeness (QED) is 0.503. The fourth-order valence-electron chi connectivity index (χ4n) is 1.39. The van der Waals surface area contributed by atoms with Crippen molar-refractivity contribution in [1.82, 2.24) is 0 Å². The van der Waals surface area contributed by atoms with E-state index in [0.29, 0.717) is 6.61 Å². The molecule has 0 saturated heterocycles. The first kappa shape index (κ1) is 13.9. The van der Waals surface area contributed by atoms with Crippen LogP contribution in [0, 0.1) is 5.92 Å². The van der Waals surface area contributed by atoms with E-state index in [0.717, 1.165) is 0 Å². The normalized spacial score (nSPS) is 14.5. The number of aliphatic carboxylic acids is 2. The van der Waals surface area contributed by atoms with Crippen molar-refractivity contribution in [3.05, 3.63) is 0 Å². The lowest BCUT2D eigenvalue weighted by molar-refractivity contribution is -0.316. The van der Waals surface area contributed by atoms with Crippen LogP contribution in [0.2, 0.25) is 0 Å². The van der Waals surface area contributed by atoms with E-state index in [1.807, 2.05) is 0 Å². The SMILES string of the molecule is CCOC(C)C(CCCC(=O)[O-])C(=O)[O-]. The Labute approximate surface area is 89.0 Å². The summed E-state index contributed by atoms with van der Waals surface area (Å²) in [5, 5.41) is 20.9. The number of rotatable bonds is 8. The van der Waals surface area contributed by atoms with E-state index in [-0.39, 0.29) is 19.3 Å². The monoisotopic (exact) mass is 216 g/mol. The van der Waals surface area contributed by atoms with Gasteiger partial charge in [-0.1, -0.05) is 0 Å². The van der Waals surface area contributed by atoms with Gasteiger partial charge in [-0.05, 0) is 33.1 Å². The molecule has 5 nitrogen and oxygen atoms in total. The number of carboxylic acid groups (broad SMARTS) is 2. The molecule has 2 atom stereocenters. The van der Waals surface area contributed by atoms with E-state index in [1.165, 1.54) is 0 Å². The number of carboxylic acids is 2. The van der Waals surface area contributed by atoms with Gasteiger partial charge in [0.25, 0.3) is 0 Å². The standard InChI is InChI=1S/C10H18O5/c1-3-15-7(2)8(10(13)14)5-4-6-9(11)12/h7-8H,3-6H2,1-2H3,(H,11,12)(H,13,14)/p-2. The van der Waals surface area contributed by atoms with Gasteiger partial charge >= 0.3 is 0 Å². The predicted molar refractivity (Wildman–Crippen MR) is 48.4 cm³/mol. The lowest BCUT2D eigenvalue weighted by atomic mass is 9.97. The van der Waals surface area contributed by atoms with Crippen LogP contribution in [0.3, 0.4) is 0 Å². The third kappa shape index (κ3) is 6.06. The van der Waals surface area contributed by atoms with Gasteiger partial charge in [0.05, 0.1) is 6.10 Å². The van der Waals surface area contributed by atoms with Gasteiger partial charge in [0.1, 0.15) is 0 Å². The van der Waals surface area contributed by atoms with Crippen molar-refractivity contribution in [1.29, 1.82) is 0 Å². The Kier molecular flexibility index (Phi) is 6.70. The molecule has 0 amide bonds. The fraction of sp³-hybridized carbons (Fsp3) is 0.800. The predicted octanol–water partition coefficient (Wildman–Crippen LogP) is -1.30. The minimum Gasteiger partial charge on any atom is -0.550 e. The Morgan fingerprint density at radius 3 is 2.33 bits per heavy atom. The molecular weight excluding hydrogens is 200 g/mol. The van der Waals surface area contributed by atoms with Gasteiger partial charge in [0, 0.05) is 24.5 Å². The molecule has 0 aliphatic carbocycles. The first-order valence-electron chi connectivity index (χ1n) is 5.01. The molecule has 0 rings (SSSR count). The fourth-order valence-corrected chi connectivity index (χ4v) is 1.39. The molecule has 0 heterocycles. The molecule has 15 heavy (non-hydrogen) atoms. The number of hydrogen-bond acceptors (Lipinski definition) is 5. The second-order valence-electron chi connectivity index (χ2n) is 3.35. The molecular formula is C10H16O5-2. The molecule has 88 valence electrons.